The van der Waals surface area contributed by atoms with E-state index in [1.54, 1.807) is 0 Å². The standard InChI is InChI=1S/C11H12N2O3/c14-10(9-4-2-1-3-5-9)6-7-13-8-11(15)16-12-13/h1-5,8,10,14H,6-7H2/p+1. The molecule has 0 radical (unpaired) electrons. The van der Waals surface area contributed by atoms with Gasteiger partial charge in [-0.3, -0.25) is 4.52 Å². The van der Waals surface area contributed by atoms with Crippen LogP contribution in [0.3, 0.4) is 0 Å². The van der Waals surface area contributed by atoms with Gasteiger partial charge >= 0.3 is 5.63 Å². The lowest BCUT2D eigenvalue weighted by Crippen LogP contribution is -2.36. The average Bonchev–Trinajstić information content (AvgIpc) is 2.73. The Labute approximate surface area is 91.9 Å². The highest BCUT2D eigenvalue weighted by Gasteiger charge is 2.12. The second-order valence-corrected chi connectivity index (χ2v) is 3.55. The van der Waals surface area contributed by atoms with Crippen LogP contribution in [0.5, 0.6) is 0 Å². The quantitative estimate of drug-likeness (QED) is 0.733. The monoisotopic (exact) mass is 221 g/mol. The van der Waals surface area contributed by atoms with E-state index in [0.29, 0.717) is 13.0 Å². The Morgan fingerprint density at radius 3 is 2.75 bits per heavy atom. The second kappa shape index (κ2) is 4.76. The van der Waals surface area contributed by atoms with E-state index in [9.17, 15) is 9.90 Å². The van der Waals surface area contributed by atoms with Gasteiger partial charge in [0, 0.05) is 6.42 Å². The Morgan fingerprint density at radius 2 is 2.12 bits per heavy atom. The van der Waals surface area contributed by atoms with Gasteiger partial charge in [0.1, 0.15) is 0 Å². The molecule has 1 atom stereocenters. The molecule has 1 aromatic heterocycles. The number of benzene rings is 1. The Hall–Kier alpha value is -1.88. The minimum atomic E-state index is -0.535. The molecule has 1 unspecified atom stereocenters. The molecule has 1 aromatic carbocycles. The van der Waals surface area contributed by atoms with Crippen molar-refractivity contribution in [2.45, 2.75) is 19.1 Å². The van der Waals surface area contributed by atoms with Crippen molar-refractivity contribution in [3.8, 4) is 0 Å². The number of nitrogens with zero attached hydrogens (tertiary/aromatic N) is 1. The number of hydrogen-bond acceptors (Lipinski definition) is 3. The summed E-state index contributed by atoms with van der Waals surface area (Å²) in [7, 11) is 0. The summed E-state index contributed by atoms with van der Waals surface area (Å²) in [5, 5.41) is 12.3. The maximum Gasteiger partial charge on any atom is 0.426 e. The third-order valence-corrected chi connectivity index (χ3v) is 2.35. The summed E-state index contributed by atoms with van der Waals surface area (Å²) in [5.41, 5.74) is 0.447. The molecule has 0 amide bonds. The van der Waals surface area contributed by atoms with E-state index >= 15 is 0 Å². The molecule has 5 heteroatoms. The van der Waals surface area contributed by atoms with Gasteiger partial charge in [0.2, 0.25) is 0 Å². The lowest BCUT2D eigenvalue weighted by molar-refractivity contribution is -0.763. The van der Waals surface area contributed by atoms with E-state index in [1.807, 2.05) is 30.3 Å². The number of aliphatic hydroxyl groups is 1. The van der Waals surface area contributed by atoms with Crippen molar-refractivity contribution in [3.05, 3.63) is 52.5 Å². The first-order valence-electron chi connectivity index (χ1n) is 5.06. The zero-order valence-corrected chi connectivity index (χ0v) is 8.67. The number of aliphatic hydroxyl groups excluding tert-OH is 1. The van der Waals surface area contributed by atoms with Crippen LogP contribution in [0, 0.1) is 0 Å². The Bertz CT molecular complexity index is 489. The van der Waals surface area contributed by atoms with Crippen molar-refractivity contribution in [3.63, 3.8) is 0 Å². The molecule has 0 aliphatic heterocycles. The number of aromatic amines is 1. The van der Waals surface area contributed by atoms with Crippen LogP contribution >= 0.6 is 0 Å². The molecule has 0 aliphatic carbocycles. The minimum Gasteiger partial charge on any atom is -0.388 e. The first-order valence-corrected chi connectivity index (χ1v) is 5.06. The first-order chi connectivity index (χ1) is 7.75. The predicted octanol–water partition coefficient (Wildman–Crippen LogP) is 0.379. The number of aryl methyl sites for hydroxylation is 1. The summed E-state index contributed by atoms with van der Waals surface area (Å²) in [6, 6.07) is 9.40. The van der Waals surface area contributed by atoms with Crippen LogP contribution in [0.4, 0.5) is 0 Å². The molecule has 0 saturated heterocycles. The molecule has 0 aliphatic rings. The zero-order chi connectivity index (χ0) is 11.4. The molecular formula is C11H13N2O3+. The second-order valence-electron chi connectivity index (χ2n) is 3.55. The SMILES string of the molecule is O=c1c[n+](CCC(O)c2ccccc2)[nH]o1. The molecule has 1 heterocycles. The Morgan fingerprint density at radius 1 is 1.38 bits per heavy atom. The van der Waals surface area contributed by atoms with Crippen molar-refractivity contribution in [2.75, 3.05) is 0 Å². The molecule has 2 aromatic rings. The average molecular weight is 221 g/mol. The van der Waals surface area contributed by atoms with Crippen molar-refractivity contribution in [2.24, 2.45) is 0 Å². The number of H-pyrrole nitrogens is 1. The molecule has 84 valence electrons. The highest BCUT2D eigenvalue weighted by Crippen LogP contribution is 2.15. The van der Waals surface area contributed by atoms with Gasteiger partial charge in [-0.05, 0) is 10.8 Å². The molecule has 0 bridgehead atoms. The third kappa shape index (κ3) is 2.58. The van der Waals surface area contributed by atoms with Crippen LogP contribution in [-0.2, 0) is 6.54 Å². The Balaban J connectivity index is 1.94. The third-order valence-electron chi connectivity index (χ3n) is 2.35. The van der Waals surface area contributed by atoms with Gasteiger partial charge in [0.15, 0.2) is 6.54 Å². The van der Waals surface area contributed by atoms with Crippen LogP contribution < -0.4 is 10.3 Å². The summed E-state index contributed by atoms with van der Waals surface area (Å²) in [5.74, 6) is 0. The smallest absolute Gasteiger partial charge is 0.388 e. The molecule has 2 rings (SSSR count). The maximum atomic E-state index is 10.7. The molecule has 2 N–H and O–H groups in total. The van der Waals surface area contributed by atoms with E-state index in [2.05, 4.69) is 9.79 Å². The fourth-order valence-electron chi connectivity index (χ4n) is 1.50. The van der Waals surface area contributed by atoms with Gasteiger partial charge in [-0.1, -0.05) is 35.0 Å². The highest BCUT2D eigenvalue weighted by molar-refractivity contribution is 5.16. The predicted molar refractivity (Wildman–Crippen MR) is 55.5 cm³/mol. The van der Waals surface area contributed by atoms with Crippen molar-refractivity contribution in [1.82, 2.24) is 5.27 Å². The fraction of sp³-hybridized carbons (Fsp3) is 0.273. The number of nitrogens with one attached hydrogen (secondary N) is 1. The molecular weight excluding hydrogens is 208 g/mol. The van der Waals surface area contributed by atoms with Crippen molar-refractivity contribution >= 4 is 0 Å². The van der Waals surface area contributed by atoms with Gasteiger partial charge in [-0.25, -0.2) is 4.79 Å². The van der Waals surface area contributed by atoms with Gasteiger partial charge in [0.05, 0.1) is 6.10 Å². The van der Waals surface area contributed by atoms with E-state index < -0.39 is 11.7 Å². The maximum absolute atomic E-state index is 10.7. The lowest BCUT2D eigenvalue weighted by atomic mass is 10.1. The number of rotatable bonds is 4. The van der Waals surface area contributed by atoms with Crippen molar-refractivity contribution < 1.29 is 14.3 Å². The van der Waals surface area contributed by atoms with Gasteiger partial charge < -0.3 is 5.11 Å². The molecule has 5 nitrogen and oxygen atoms in total. The number of aromatic nitrogens is 2. The van der Waals surface area contributed by atoms with Crippen LogP contribution in [0.15, 0.2) is 45.8 Å². The van der Waals surface area contributed by atoms with E-state index in [4.69, 9.17) is 0 Å². The Kier molecular flexibility index (Phi) is 3.16. The highest BCUT2D eigenvalue weighted by atomic mass is 16.5. The normalized spacial score (nSPS) is 12.6. The topological polar surface area (TPSA) is 70.1 Å². The van der Waals surface area contributed by atoms with E-state index in [-0.39, 0.29) is 0 Å². The summed E-state index contributed by atoms with van der Waals surface area (Å²) in [4.78, 5) is 10.7. The fourth-order valence-corrected chi connectivity index (χ4v) is 1.50. The van der Waals surface area contributed by atoms with Crippen LogP contribution in [0.25, 0.3) is 0 Å². The first kappa shape index (κ1) is 10.6. The minimum absolute atomic E-state index is 0.422. The van der Waals surface area contributed by atoms with Crippen molar-refractivity contribution in [1.29, 1.82) is 0 Å². The molecule has 0 spiro atoms. The van der Waals surface area contributed by atoms with Gasteiger partial charge in [-0.15, -0.1) is 0 Å². The molecule has 0 fully saturated rings. The number of hydrogen-bond donors (Lipinski definition) is 2. The summed E-state index contributed by atoms with van der Waals surface area (Å²) < 4.78 is 6.01. The molecule has 16 heavy (non-hydrogen) atoms. The summed E-state index contributed by atoms with van der Waals surface area (Å²) >= 11 is 0. The zero-order valence-electron chi connectivity index (χ0n) is 8.67. The van der Waals surface area contributed by atoms with Crippen LogP contribution in [0.2, 0.25) is 0 Å². The van der Waals surface area contributed by atoms with E-state index in [1.165, 1.54) is 10.9 Å². The van der Waals surface area contributed by atoms with E-state index in [0.717, 1.165) is 5.56 Å². The van der Waals surface area contributed by atoms with Gasteiger partial charge in [-0.2, -0.15) is 0 Å². The molecule has 0 saturated carbocycles. The largest absolute Gasteiger partial charge is 0.426 e. The summed E-state index contributed by atoms with van der Waals surface area (Å²) in [6.45, 7) is 0.502. The summed E-state index contributed by atoms with van der Waals surface area (Å²) in [6.07, 6.45) is 1.30. The van der Waals surface area contributed by atoms with Crippen LogP contribution in [-0.4, -0.2) is 10.4 Å². The lowest BCUT2D eigenvalue weighted by Gasteiger charge is -2.07. The van der Waals surface area contributed by atoms with Gasteiger partial charge in [0.25, 0.3) is 6.20 Å². The van der Waals surface area contributed by atoms with Crippen LogP contribution in [0.1, 0.15) is 18.1 Å².